The molecule has 2 aromatic rings. The summed E-state index contributed by atoms with van der Waals surface area (Å²) in [6, 6.07) is 11.3. The minimum atomic E-state index is -2.69. The zero-order valence-electron chi connectivity index (χ0n) is 23.9. The van der Waals surface area contributed by atoms with Crippen molar-refractivity contribution < 1.29 is 34.2 Å². The molecule has 212 valence electrons. The summed E-state index contributed by atoms with van der Waals surface area (Å²) in [4.78, 5) is 68.6. The second kappa shape index (κ2) is 8.65. The van der Waals surface area contributed by atoms with Crippen molar-refractivity contribution in [1.82, 2.24) is 0 Å². The molecule has 6 rings (SSSR count). The monoisotopic (exact) mass is 554 g/mol. The number of carbonyl (C=O) groups is 5. The van der Waals surface area contributed by atoms with E-state index < -0.39 is 63.1 Å². The Morgan fingerprint density at radius 3 is 2.32 bits per heavy atom. The molecule has 3 unspecified atom stereocenters. The van der Waals surface area contributed by atoms with Crippen molar-refractivity contribution in [3.63, 3.8) is 0 Å². The Bertz CT molecular complexity index is 1630. The number of fused-ring (bicyclic) bond motifs is 4. The van der Waals surface area contributed by atoms with Gasteiger partial charge in [0.15, 0.2) is 28.7 Å². The lowest BCUT2D eigenvalue weighted by atomic mass is 9.40. The third-order valence-corrected chi connectivity index (χ3v) is 10.4. The number of aromatic hydroxyl groups is 1. The number of hydrogen-bond donors (Lipinski definition) is 2. The minimum absolute atomic E-state index is 0.0326. The number of phenols is 1. The molecular weight excluding hydrogens is 520 g/mol. The van der Waals surface area contributed by atoms with E-state index in [1.54, 1.807) is 33.8 Å². The molecule has 0 radical (unpaired) electrons. The van der Waals surface area contributed by atoms with Crippen LogP contribution in [0.1, 0.15) is 73.7 Å². The van der Waals surface area contributed by atoms with Gasteiger partial charge in [-0.1, -0.05) is 64.1 Å². The molecule has 6 atom stereocenters. The number of rotatable bonds is 3. The fourth-order valence-electron chi connectivity index (χ4n) is 8.89. The standard InChI is InChI=1S/C34H34O7/c1-16(2)26-28(37)24(17(3)35)30(39)34(41)31(40)27-29(38)25-22(14-32(27,4)15-33(26,34)5)21(10-11-23(25)36)20-12-18-8-6-7-9-19(18)13-20/h6-12,16,24,26-27,36,41H,13-15H2,1-5H3/t24?,26?,27?,32-,33-,34+/m1/s1. The summed E-state index contributed by atoms with van der Waals surface area (Å²) in [5.74, 6) is -8.81. The van der Waals surface area contributed by atoms with Crippen LogP contribution in [0.2, 0.25) is 0 Å². The number of phenolic OH excluding ortho intramolecular Hbond substituents is 1. The smallest absolute Gasteiger partial charge is 0.190 e. The largest absolute Gasteiger partial charge is 0.507 e. The van der Waals surface area contributed by atoms with Crippen molar-refractivity contribution in [2.75, 3.05) is 0 Å². The Kier molecular flexibility index (Phi) is 5.79. The van der Waals surface area contributed by atoms with E-state index in [-0.39, 0.29) is 30.1 Å². The van der Waals surface area contributed by atoms with Gasteiger partial charge < -0.3 is 10.2 Å². The molecular formula is C34H34O7. The Balaban J connectivity index is 1.53. The number of carbonyl (C=O) groups excluding carboxylic acids is 5. The summed E-state index contributed by atoms with van der Waals surface area (Å²) in [6.45, 7) is 8.06. The third kappa shape index (κ3) is 3.38. The van der Waals surface area contributed by atoms with Crippen molar-refractivity contribution >= 4 is 40.6 Å². The van der Waals surface area contributed by atoms with E-state index in [1.807, 2.05) is 24.3 Å². The lowest BCUT2D eigenvalue weighted by Crippen LogP contribution is -2.76. The Morgan fingerprint density at radius 2 is 1.68 bits per heavy atom. The number of aliphatic hydroxyl groups is 1. The average Bonchev–Trinajstić information content (AvgIpc) is 3.30. The van der Waals surface area contributed by atoms with Crippen LogP contribution in [0.15, 0.2) is 36.4 Å². The van der Waals surface area contributed by atoms with Gasteiger partial charge in [-0.05, 0) is 71.4 Å². The number of allylic oxidation sites excluding steroid dienone is 1. The van der Waals surface area contributed by atoms with Crippen molar-refractivity contribution in [1.29, 1.82) is 0 Å². The van der Waals surface area contributed by atoms with Crippen molar-refractivity contribution in [3.05, 3.63) is 64.2 Å². The van der Waals surface area contributed by atoms with Gasteiger partial charge in [-0.25, -0.2) is 0 Å². The van der Waals surface area contributed by atoms with Gasteiger partial charge >= 0.3 is 0 Å². The van der Waals surface area contributed by atoms with Gasteiger partial charge in [0, 0.05) is 11.3 Å². The normalized spacial score (nSPS) is 34.1. The van der Waals surface area contributed by atoms with Crippen molar-refractivity contribution in [3.8, 4) is 5.75 Å². The van der Waals surface area contributed by atoms with E-state index in [0.717, 1.165) is 29.2 Å². The summed E-state index contributed by atoms with van der Waals surface area (Å²) >= 11 is 0. The topological polar surface area (TPSA) is 126 Å². The lowest BCUT2D eigenvalue weighted by Gasteiger charge is -2.61. The summed E-state index contributed by atoms with van der Waals surface area (Å²) < 4.78 is 0. The molecule has 41 heavy (non-hydrogen) atoms. The number of benzene rings is 2. The molecule has 4 aliphatic carbocycles. The Morgan fingerprint density at radius 1 is 1.00 bits per heavy atom. The van der Waals surface area contributed by atoms with E-state index >= 15 is 0 Å². The highest BCUT2D eigenvalue weighted by Crippen LogP contribution is 2.64. The van der Waals surface area contributed by atoms with E-state index in [2.05, 4.69) is 6.08 Å². The molecule has 0 bridgehead atoms. The van der Waals surface area contributed by atoms with Crippen molar-refractivity contribution in [2.24, 2.45) is 34.5 Å². The maximum atomic E-state index is 14.4. The van der Waals surface area contributed by atoms with Crippen LogP contribution in [0.25, 0.3) is 11.6 Å². The molecule has 0 spiro atoms. The number of Topliss-reactive ketones (excluding diaryl/α,β-unsaturated/α-hetero) is 5. The fraction of sp³-hybridized carbons (Fsp3) is 0.441. The first-order valence-corrected chi connectivity index (χ1v) is 14.2. The summed E-state index contributed by atoms with van der Waals surface area (Å²) in [7, 11) is 0. The maximum absolute atomic E-state index is 14.4. The van der Waals surface area contributed by atoms with E-state index in [1.165, 1.54) is 6.07 Å². The zero-order valence-corrected chi connectivity index (χ0v) is 23.9. The molecule has 4 aliphatic rings. The second-order valence-electron chi connectivity index (χ2n) is 13.4. The van der Waals surface area contributed by atoms with Crippen LogP contribution < -0.4 is 0 Å². The van der Waals surface area contributed by atoms with Gasteiger partial charge in [0.25, 0.3) is 0 Å². The van der Waals surface area contributed by atoms with Crippen LogP contribution >= 0.6 is 0 Å². The highest BCUT2D eigenvalue weighted by molar-refractivity contribution is 6.32. The average molecular weight is 555 g/mol. The summed E-state index contributed by atoms with van der Waals surface area (Å²) in [5.41, 5.74) is -0.555. The van der Waals surface area contributed by atoms with Crippen molar-refractivity contribution in [2.45, 2.75) is 59.5 Å². The predicted molar refractivity (Wildman–Crippen MR) is 151 cm³/mol. The highest BCUT2D eigenvalue weighted by atomic mass is 16.3. The van der Waals surface area contributed by atoms with Crippen LogP contribution in [-0.4, -0.2) is 44.7 Å². The molecule has 7 heteroatoms. The molecule has 7 nitrogen and oxygen atoms in total. The number of hydrogen-bond acceptors (Lipinski definition) is 7. The highest BCUT2D eigenvalue weighted by Gasteiger charge is 2.76. The Labute approximate surface area is 238 Å². The molecule has 2 fully saturated rings. The Hall–Kier alpha value is -3.71. The van der Waals surface area contributed by atoms with Crippen LogP contribution in [-0.2, 0) is 32.0 Å². The maximum Gasteiger partial charge on any atom is 0.190 e. The van der Waals surface area contributed by atoms with Gasteiger partial charge in [-0.2, -0.15) is 0 Å². The first-order chi connectivity index (χ1) is 19.2. The summed E-state index contributed by atoms with van der Waals surface area (Å²) in [6.07, 6.45) is 3.00. The molecule has 0 aromatic heterocycles. The predicted octanol–water partition coefficient (Wildman–Crippen LogP) is 4.19. The van der Waals surface area contributed by atoms with E-state index in [9.17, 15) is 34.2 Å². The second-order valence-corrected chi connectivity index (χ2v) is 13.4. The molecule has 2 N–H and O–H groups in total. The van der Waals surface area contributed by atoms with Crippen LogP contribution in [0, 0.1) is 34.5 Å². The van der Waals surface area contributed by atoms with E-state index in [4.69, 9.17) is 0 Å². The molecule has 0 amide bonds. The van der Waals surface area contributed by atoms with Gasteiger partial charge in [-0.3, -0.25) is 24.0 Å². The zero-order chi connectivity index (χ0) is 29.8. The van der Waals surface area contributed by atoms with Gasteiger partial charge in [0.05, 0.1) is 11.5 Å². The molecule has 0 aliphatic heterocycles. The molecule has 0 saturated heterocycles. The van der Waals surface area contributed by atoms with Crippen LogP contribution in [0.5, 0.6) is 5.75 Å². The molecule has 2 aromatic carbocycles. The first kappa shape index (κ1) is 27.5. The molecule has 0 heterocycles. The minimum Gasteiger partial charge on any atom is -0.507 e. The third-order valence-electron chi connectivity index (χ3n) is 10.4. The SMILES string of the molecule is CC(=O)C1C(=O)C(C(C)C)[C@@]2(C)C[C@@]3(C)Cc4c(C5=Cc6ccccc6C5)ccc(O)c4C(=O)C3C(=O)[C@@]2(O)C1=O. The van der Waals surface area contributed by atoms with Crippen LogP contribution in [0.3, 0.4) is 0 Å². The van der Waals surface area contributed by atoms with Gasteiger partial charge in [-0.15, -0.1) is 0 Å². The molecule has 2 saturated carbocycles. The van der Waals surface area contributed by atoms with E-state index in [0.29, 0.717) is 12.0 Å². The number of ketones is 5. The van der Waals surface area contributed by atoms with Gasteiger partial charge in [0.1, 0.15) is 17.5 Å². The lowest BCUT2D eigenvalue weighted by molar-refractivity contribution is -0.205. The van der Waals surface area contributed by atoms with Crippen LogP contribution in [0.4, 0.5) is 0 Å². The summed E-state index contributed by atoms with van der Waals surface area (Å²) in [5, 5.41) is 23.1. The quantitative estimate of drug-likeness (QED) is 0.545. The van der Waals surface area contributed by atoms with Gasteiger partial charge in [0.2, 0.25) is 0 Å². The fourth-order valence-corrected chi connectivity index (χ4v) is 8.89. The first-order valence-electron chi connectivity index (χ1n) is 14.2.